The van der Waals surface area contributed by atoms with Gasteiger partial charge in [-0.05, 0) is 18.9 Å². The van der Waals surface area contributed by atoms with Gasteiger partial charge in [-0.25, -0.2) is 0 Å². The van der Waals surface area contributed by atoms with Crippen LogP contribution in [0.15, 0.2) is 36.5 Å². The molecule has 6 nitrogen and oxygen atoms in total. The molecule has 0 aliphatic heterocycles. The predicted molar refractivity (Wildman–Crippen MR) is 87.8 cm³/mol. The van der Waals surface area contributed by atoms with Gasteiger partial charge in [-0.1, -0.05) is 37.3 Å². The molecule has 1 unspecified atom stereocenters. The van der Waals surface area contributed by atoms with Crippen molar-refractivity contribution in [3.8, 4) is 0 Å². The fourth-order valence-electron chi connectivity index (χ4n) is 2.42. The van der Waals surface area contributed by atoms with Crippen LogP contribution in [-0.2, 0) is 17.8 Å². The van der Waals surface area contributed by atoms with Crippen molar-refractivity contribution in [1.29, 1.82) is 0 Å². The Morgan fingerprint density at radius 2 is 2.00 bits per heavy atom. The number of rotatable bonds is 7. The molecular formula is C17H22N4O2. The largest absolute Gasteiger partial charge is 0.368 e. The SMILES string of the molecule is CCCn1ncc(C(=O)NC(Cc2ccccc2)C(N)=O)c1C. The normalized spacial score (nSPS) is 11.9. The molecule has 0 aliphatic carbocycles. The van der Waals surface area contributed by atoms with Crippen LogP contribution < -0.4 is 11.1 Å². The third-order valence-electron chi connectivity index (χ3n) is 3.71. The smallest absolute Gasteiger partial charge is 0.255 e. The number of nitrogens with two attached hydrogens (primary N) is 1. The highest BCUT2D eigenvalue weighted by atomic mass is 16.2. The summed E-state index contributed by atoms with van der Waals surface area (Å²) in [6.07, 6.45) is 2.83. The molecule has 2 amide bonds. The summed E-state index contributed by atoms with van der Waals surface area (Å²) in [5.41, 5.74) is 7.62. The monoisotopic (exact) mass is 314 g/mol. The van der Waals surface area contributed by atoms with Crippen molar-refractivity contribution < 1.29 is 9.59 Å². The van der Waals surface area contributed by atoms with Gasteiger partial charge < -0.3 is 11.1 Å². The Bertz CT molecular complexity index is 679. The molecule has 23 heavy (non-hydrogen) atoms. The van der Waals surface area contributed by atoms with Crippen molar-refractivity contribution in [3.05, 3.63) is 53.3 Å². The van der Waals surface area contributed by atoms with Crippen LogP contribution in [0.4, 0.5) is 0 Å². The van der Waals surface area contributed by atoms with Crippen molar-refractivity contribution in [2.75, 3.05) is 0 Å². The lowest BCUT2D eigenvalue weighted by atomic mass is 10.1. The Morgan fingerprint density at radius 1 is 1.30 bits per heavy atom. The van der Waals surface area contributed by atoms with Gasteiger partial charge in [-0.3, -0.25) is 14.3 Å². The van der Waals surface area contributed by atoms with Crippen LogP contribution in [0.5, 0.6) is 0 Å². The van der Waals surface area contributed by atoms with E-state index in [-0.39, 0.29) is 5.91 Å². The van der Waals surface area contributed by atoms with E-state index in [9.17, 15) is 9.59 Å². The van der Waals surface area contributed by atoms with Crippen molar-refractivity contribution in [3.63, 3.8) is 0 Å². The minimum Gasteiger partial charge on any atom is -0.368 e. The highest BCUT2D eigenvalue weighted by molar-refractivity contribution is 5.98. The highest BCUT2D eigenvalue weighted by Crippen LogP contribution is 2.09. The van der Waals surface area contributed by atoms with E-state index in [2.05, 4.69) is 10.4 Å². The molecule has 1 aromatic carbocycles. The molecule has 0 radical (unpaired) electrons. The molecule has 0 saturated heterocycles. The van der Waals surface area contributed by atoms with Crippen LogP contribution in [-0.4, -0.2) is 27.6 Å². The zero-order valence-corrected chi connectivity index (χ0v) is 13.5. The Hall–Kier alpha value is -2.63. The van der Waals surface area contributed by atoms with Crippen molar-refractivity contribution in [2.24, 2.45) is 5.73 Å². The van der Waals surface area contributed by atoms with Gasteiger partial charge >= 0.3 is 0 Å². The zero-order chi connectivity index (χ0) is 16.8. The number of hydrogen-bond acceptors (Lipinski definition) is 3. The molecule has 122 valence electrons. The molecule has 1 heterocycles. The number of hydrogen-bond donors (Lipinski definition) is 2. The first kappa shape index (κ1) is 16.7. The molecule has 1 aromatic heterocycles. The third kappa shape index (κ3) is 4.18. The number of amides is 2. The van der Waals surface area contributed by atoms with Gasteiger partial charge in [0.1, 0.15) is 6.04 Å². The van der Waals surface area contributed by atoms with E-state index in [0.29, 0.717) is 12.0 Å². The second kappa shape index (κ2) is 7.58. The number of carbonyl (C=O) groups is 2. The molecule has 0 bridgehead atoms. The summed E-state index contributed by atoms with van der Waals surface area (Å²) in [4.78, 5) is 24.1. The number of aromatic nitrogens is 2. The van der Waals surface area contributed by atoms with E-state index >= 15 is 0 Å². The molecule has 1 atom stereocenters. The van der Waals surface area contributed by atoms with Crippen LogP contribution in [0, 0.1) is 6.92 Å². The summed E-state index contributed by atoms with van der Waals surface area (Å²) < 4.78 is 1.78. The maximum absolute atomic E-state index is 12.4. The van der Waals surface area contributed by atoms with E-state index < -0.39 is 11.9 Å². The average molecular weight is 314 g/mol. The van der Waals surface area contributed by atoms with E-state index in [1.54, 1.807) is 4.68 Å². The fourth-order valence-corrected chi connectivity index (χ4v) is 2.42. The Balaban J connectivity index is 2.11. The van der Waals surface area contributed by atoms with Crippen molar-refractivity contribution in [2.45, 2.75) is 39.3 Å². The number of nitrogens with one attached hydrogen (secondary N) is 1. The summed E-state index contributed by atoms with van der Waals surface area (Å²) in [5.74, 6) is -0.884. The number of aryl methyl sites for hydroxylation is 1. The number of nitrogens with zero attached hydrogens (tertiary/aromatic N) is 2. The molecule has 0 fully saturated rings. The lowest BCUT2D eigenvalue weighted by Crippen LogP contribution is -2.46. The topological polar surface area (TPSA) is 90.0 Å². The standard InChI is InChI=1S/C17H22N4O2/c1-3-9-21-12(2)14(11-19-21)17(23)20-15(16(18)22)10-13-7-5-4-6-8-13/h4-8,11,15H,3,9-10H2,1-2H3,(H2,18,22)(H,20,23). The first-order chi connectivity index (χ1) is 11.0. The Kier molecular flexibility index (Phi) is 5.51. The number of carbonyl (C=O) groups excluding carboxylic acids is 2. The van der Waals surface area contributed by atoms with E-state index in [4.69, 9.17) is 5.73 Å². The summed E-state index contributed by atoms with van der Waals surface area (Å²) in [7, 11) is 0. The summed E-state index contributed by atoms with van der Waals surface area (Å²) >= 11 is 0. The van der Waals surface area contributed by atoms with Gasteiger partial charge in [0.2, 0.25) is 5.91 Å². The summed E-state index contributed by atoms with van der Waals surface area (Å²) in [6, 6.07) is 8.70. The lowest BCUT2D eigenvalue weighted by Gasteiger charge is -2.15. The first-order valence-corrected chi connectivity index (χ1v) is 7.69. The average Bonchev–Trinajstić information content (AvgIpc) is 2.89. The fraction of sp³-hybridized carbons (Fsp3) is 0.353. The molecule has 6 heteroatoms. The second-order valence-corrected chi connectivity index (χ2v) is 5.48. The van der Waals surface area contributed by atoms with E-state index in [1.165, 1.54) is 6.20 Å². The number of primary amides is 1. The molecular weight excluding hydrogens is 292 g/mol. The minimum absolute atomic E-state index is 0.329. The molecule has 2 rings (SSSR count). The zero-order valence-electron chi connectivity index (χ0n) is 13.5. The molecule has 0 aliphatic rings. The number of benzene rings is 1. The van der Waals surface area contributed by atoms with Crippen LogP contribution in [0.1, 0.15) is 35.0 Å². The van der Waals surface area contributed by atoms with Crippen molar-refractivity contribution >= 4 is 11.8 Å². The minimum atomic E-state index is -0.751. The van der Waals surface area contributed by atoms with Gasteiger partial charge in [0.15, 0.2) is 0 Å². The van der Waals surface area contributed by atoms with Crippen LogP contribution in [0.3, 0.4) is 0 Å². The van der Waals surface area contributed by atoms with Crippen LogP contribution >= 0.6 is 0 Å². The van der Waals surface area contributed by atoms with Crippen LogP contribution in [0.25, 0.3) is 0 Å². The maximum atomic E-state index is 12.4. The van der Waals surface area contributed by atoms with E-state index in [0.717, 1.165) is 24.2 Å². The summed E-state index contributed by atoms with van der Waals surface area (Å²) in [5, 5.41) is 6.91. The van der Waals surface area contributed by atoms with Gasteiger partial charge in [0.25, 0.3) is 5.91 Å². The Morgan fingerprint density at radius 3 is 2.61 bits per heavy atom. The highest BCUT2D eigenvalue weighted by Gasteiger charge is 2.21. The molecule has 3 N–H and O–H groups in total. The third-order valence-corrected chi connectivity index (χ3v) is 3.71. The van der Waals surface area contributed by atoms with Gasteiger partial charge in [0.05, 0.1) is 11.8 Å². The predicted octanol–water partition coefficient (Wildman–Crippen LogP) is 1.43. The Labute approximate surface area is 135 Å². The van der Waals surface area contributed by atoms with Gasteiger partial charge in [-0.2, -0.15) is 5.10 Å². The first-order valence-electron chi connectivity index (χ1n) is 7.69. The van der Waals surface area contributed by atoms with E-state index in [1.807, 2.05) is 44.2 Å². The molecule has 2 aromatic rings. The molecule has 0 spiro atoms. The van der Waals surface area contributed by atoms with Gasteiger partial charge in [-0.15, -0.1) is 0 Å². The second-order valence-electron chi connectivity index (χ2n) is 5.48. The maximum Gasteiger partial charge on any atom is 0.255 e. The van der Waals surface area contributed by atoms with Crippen LogP contribution in [0.2, 0.25) is 0 Å². The molecule has 0 saturated carbocycles. The lowest BCUT2D eigenvalue weighted by molar-refractivity contribution is -0.119. The van der Waals surface area contributed by atoms with Crippen molar-refractivity contribution in [1.82, 2.24) is 15.1 Å². The van der Waals surface area contributed by atoms with Gasteiger partial charge in [0, 0.05) is 18.7 Å². The quantitative estimate of drug-likeness (QED) is 0.810. The summed E-state index contributed by atoms with van der Waals surface area (Å²) in [6.45, 7) is 4.64.